The van der Waals surface area contributed by atoms with Gasteiger partial charge in [-0.25, -0.2) is 8.42 Å². The second-order valence-corrected chi connectivity index (χ2v) is 7.46. The highest BCUT2D eigenvalue weighted by Gasteiger charge is 2.33. The van der Waals surface area contributed by atoms with Crippen LogP contribution in [0.2, 0.25) is 0 Å². The summed E-state index contributed by atoms with van der Waals surface area (Å²) >= 11 is 0. The first kappa shape index (κ1) is 16.4. The summed E-state index contributed by atoms with van der Waals surface area (Å²) in [6, 6.07) is 4.98. The Bertz CT molecular complexity index is 587. The quantitative estimate of drug-likeness (QED) is 0.880. The number of nitrogens with zero attached hydrogens (tertiary/aromatic N) is 1. The highest BCUT2D eigenvalue weighted by molar-refractivity contribution is 7.89. The van der Waals surface area contributed by atoms with Crippen molar-refractivity contribution in [1.29, 1.82) is 0 Å². The van der Waals surface area contributed by atoms with Crippen LogP contribution in [0.15, 0.2) is 23.1 Å². The molecular weight excluding hydrogens is 288 g/mol. The average molecular weight is 312 g/mol. The first-order chi connectivity index (χ1) is 10.0. The predicted molar refractivity (Wildman–Crippen MR) is 82.3 cm³/mol. The molecule has 2 rings (SSSR count). The first-order valence-corrected chi connectivity index (χ1v) is 8.87. The Morgan fingerprint density at radius 3 is 2.76 bits per heavy atom. The molecule has 6 heteroatoms. The van der Waals surface area contributed by atoms with E-state index in [9.17, 15) is 13.5 Å². The second kappa shape index (κ2) is 6.87. The molecule has 0 saturated carbocycles. The summed E-state index contributed by atoms with van der Waals surface area (Å²) in [6.45, 7) is 2.44. The molecule has 0 spiro atoms. The molecule has 1 aliphatic heterocycles. The fraction of sp³-hybridized carbons (Fsp3) is 0.600. The third kappa shape index (κ3) is 3.45. The molecule has 1 aromatic carbocycles. The summed E-state index contributed by atoms with van der Waals surface area (Å²) in [6.07, 6.45) is 3.51. The highest BCUT2D eigenvalue weighted by Crippen LogP contribution is 2.27. The van der Waals surface area contributed by atoms with Crippen molar-refractivity contribution in [3.05, 3.63) is 29.3 Å². The Hall–Kier alpha value is -0.950. The van der Waals surface area contributed by atoms with Crippen molar-refractivity contribution >= 4 is 10.0 Å². The van der Waals surface area contributed by atoms with Crippen LogP contribution in [-0.4, -0.2) is 37.0 Å². The minimum Gasteiger partial charge on any atom is -0.395 e. The van der Waals surface area contributed by atoms with Gasteiger partial charge in [-0.05, 0) is 37.0 Å². The zero-order valence-corrected chi connectivity index (χ0v) is 13.3. The molecule has 0 aliphatic carbocycles. The number of aliphatic hydroxyl groups is 1. The van der Waals surface area contributed by atoms with Crippen LogP contribution < -0.4 is 5.73 Å². The summed E-state index contributed by atoms with van der Waals surface area (Å²) in [5.74, 6) is 0. The fourth-order valence-electron chi connectivity index (χ4n) is 2.83. The Morgan fingerprint density at radius 2 is 2.10 bits per heavy atom. The Labute approximate surface area is 126 Å². The molecule has 1 atom stereocenters. The van der Waals surface area contributed by atoms with Gasteiger partial charge in [0.15, 0.2) is 0 Å². The van der Waals surface area contributed by atoms with Gasteiger partial charge >= 0.3 is 0 Å². The van der Waals surface area contributed by atoms with E-state index in [-0.39, 0.29) is 12.6 Å². The minimum atomic E-state index is -3.59. The Balaban J connectivity index is 2.44. The smallest absolute Gasteiger partial charge is 0.243 e. The molecule has 21 heavy (non-hydrogen) atoms. The van der Waals surface area contributed by atoms with Gasteiger partial charge in [0, 0.05) is 19.1 Å². The summed E-state index contributed by atoms with van der Waals surface area (Å²) in [7, 11) is -3.59. The third-order valence-corrected chi connectivity index (χ3v) is 6.20. The van der Waals surface area contributed by atoms with Gasteiger partial charge in [-0.2, -0.15) is 4.31 Å². The lowest BCUT2D eigenvalue weighted by molar-refractivity contribution is 0.186. The van der Waals surface area contributed by atoms with Crippen LogP contribution in [0.3, 0.4) is 0 Å². The lowest BCUT2D eigenvalue weighted by Gasteiger charge is -2.28. The number of hydrogen-bond donors (Lipinski definition) is 2. The molecule has 1 heterocycles. The van der Waals surface area contributed by atoms with E-state index in [4.69, 9.17) is 5.73 Å². The largest absolute Gasteiger partial charge is 0.395 e. The van der Waals surface area contributed by atoms with Gasteiger partial charge in [-0.15, -0.1) is 0 Å². The number of hydrogen-bond acceptors (Lipinski definition) is 4. The minimum absolute atomic E-state index is 0.130. The van der Waals surface area contributed by atoms with Crippen molar-refractivity contribution in [1.82, 2.24) is 4.31 Å². The highest BCUT2D eigenvalue weighted by atomic mass is 32.2. The monoisotopic (exact) mass is 312 g/mol. The predicted octanol–water partition coefficient (Wildman–Crippen LogP) is 1.38. The van der Waals surface area contributed by atoms with Crippen LogP contribution in [0.1, 0.15) is 36.8 Å². The maximum atomic E-state index is 13.0. The van der Waals surface area contributed by atoms with E-state index in [0.29, 0.717) is 30.0 Å². The van der Waals surface area contributed by atoms with Gasteiger partial charge < -0.3 is 10.8 Å². The first-order valence-electron chi connectivity index (χ1n) is 7.43. The van der Waals surface area contributed by atoms with E-state index in [0.717, 1.165) is 24.8 Å². The topological polar surface area (TPSA) is 83.6 Å². The molecule has 1 unspecified atom stereocenters. The van der Waals surface area contributed by atoms with Crippen molar-refractivity contribution in [2.24, 2.45) is 5.73 Å². The van der Waals surface area contributed by atoms with Crippen LogP contribution in [0.4, 0.5) is 0 Å². The zero-order valence-electron chi connectivity index (χ0n) is 12.5. The number of aryl methyl sites for hydroxylation is 1. The molecule has 118 valence electrons. The average Bonchev–Trinajstić information content (AvgIpc) is 2.73. The van der Waals surface area contributed by atoms with E-state index in [2.05, 4.69) is 0 Å². The third-order valence-electron chi connectivity index (χ3n) is 4.11. The fourth-order valence-corrected chi connectivity index (χ4v) is 4.79. The molecule has 1 saturated heterocycles. The van der Waals surface area contributed by atoms with Gasteiger partial charge in [0.1, 0.15) is 0 Å². The molecular formula is C15H24N2O3S. The van der Waals surface area contributed by atoms with Crippen molar-refractivity contribution in [2.45, 2.75) is 50.1 Å². The molecule has 1 aliphatic rings. The summed E-state index contributed by atoms with van der Waals surface area (Å²) < 4.78 is 27.4. The van der Waals surface area contributed by atoms with Crippen molar-refractivity contribution < 1.29 is 13.5 Å². The maximum absolute atomic E-state index is 13.0. The van der Waals surface area contributed by atoms with E-state index in [1.807, 2.05) is 6.07 Å². The lowest BCUT2D eigenvalue weighted by Crippen LogP contribution is -2.42. The molecule has 0 amide bonds. The van der Waals surface area contributed by atoms with Gasteiger partial charge in [-0.1, -0.05) is 25.0 Å². The molecule has 0 aromatic heterocycles. The molecule has 5 nitrogen and oxygen atoms in total. The number of rotatable bonds is 4. The summed E-state index contributed by atoms with van der Waals surface area (Å²) in [5.41, 5.74) is 7.14. The Kier molecular flexibility index (Phi) is 5.37. The van der Waals surface area contributed by atoms with Crippen LogP contribution >= 0.6 is 0 Å². The van der Waals surface area contributed by atoms with Crippen LogP contribution in [0, 0.1) is 6.92 Å². The normalized spacial score (nSPS) is 21.2. The summed E-state index contributed by atoms with van der Waals surface area (Å²) in [4.78, 5) is 0.311. The van der Waals surface area contributed by atoms with Crippen LogP contribution in [0.25, 0.3) is 0 Å². The second-order valence-electron chi connectivity index (χ2n) is 5.61. The lowest BCUT2D eigenvalue weighted by atomic mass is 10.1. The van der Waals surface area contributed by atoms with Gasteiger partial charge in [0.05, 0.1) is 11.5 Å². The molecule has 0 bridgehead atoms. The molecule has 1 fully saturated rings. The van der Waals surface area contributed by atoms with Gasteiger partial charge in [0.2, 0.25) is 10.0 Å². The number of sulfonamides is 1. The van der Waals surface area contributed by atoms with E-state index in [1.54, 1.807) is 19.1 Å². The Morgan fingerprint density at radius 1 is 1.33 bits per heavy atom. The number of nitrogens with two attached hydrogens (primary N) is 1. The standard InChI is InChI=1S/C15H24N2O3S/c1-12-6-7-13(10-16)9-15(12)21(19,20)17-8-4-2-3-5-14(17)11-18/h6-7,9,14,18H,2-5,8,10-11,16H2,1H3. The maximum Gasteiger partial charge on any atom is 0.243 e. The SMILES string of the molecule is Cc1ccc(CN)cc1S(=O)(=O)N1CCCCCC1CO. The summed E-state index contributed by atoms with van der Waals surface area (Å²) in [5, 5.41) is 9.54. The van der Waals surface area contributed by atoms with Gasteiger partial charge in [-0.3, -0.25) is 0 Å². The molecule has 0 radical (unpaired) electrons. The van der Waals surface area contributed by atoms with Gasteiger partial charge in [0.25, 0.3) is 0 Å². The number of aliphatic hydroxyl groups excluding tert-OH is 1. The molecule has 1 aromatic rings. The van der Waals surface area contributed by atoms with E-state index < -0.39 is 10.0 Å². The number of benzene rings is 1. The van der Waals surface area contributed by atoms with Crippen LogP contribution in [0.5, 0.6) is 0 Å². The van der Waals surface area contributed by atoms with E-state index in [1.165, 1.54) is 4.31 Å². The molecule has 3 N–H and O–H groups in total. The zero-order chi connectivity index (χ0) is 15.5. The van der Waals surface area contributed by atoms with E-state index >= 15 is 0 Å². The van der Waals surface area contributed by atoms with Crippen molar-refractivity contribution in [3.8, 4) is 0 Å². The van der Waals surface area contributed by atoms with Crippen molar-refractivity contribution in [3.63, 3.8) is 0 Å². The van der Waals surface area contributed by atoms with Crippen molar-refractivity contribution in [2.75, 3.05) is 13.2 Å². The van der Waals surface area contributed by atoms with Crippen LogP contribution in [-0.2, 0) is 16.6 Å².